The van der Waals surface area contributed by atoms with E-state index < -0.39 is 0 Å². The van der Waals surface area contributed by atoms with Gasteiger partial charge in [0.1, 0.15) is 17.2 Å². The van der Waals surface area contributed by atoms with Crippen molar-refractivity contribution in [3.63, 3.8) is 0 Å². The molecule has 0 spiro atoms. The molecule has 0 radical (unpaired) electrons. The van der Waals surface area contributed by atoms with E-state index >= 15 is 0 Å². The number of hydrogen-bond donors (Lipinski definition) is 0. The lowest BCUT2D eigenvalue weighted by atomic mass is 10.2. The van der Waals surface area contributed by atoms with Crippen LogP contribution in [0, 0.1) is 0 Å². The maximum atomic E-state index is 13.7. The Morgan fingerprint density at radius 2 is 1.65 bits per heavy atom. The third-order valence-electron chi connectivity index (χ3n) is 5.99. The number of hydrogen-bond acceptors (Lipinski definition) is 5. The van der Waals surface area contributed by atoms with Gasteiger partial charge >= 0.3 is 6.09 Å². The van der Waals surface area contributed by atoms with E-state index in [1.165, 1.54) is 0 Å². The van der Waals surface area contributed by atoms with Gasteiger partial charge in [-0.05, 0) is 49.7 Å². The molecule has 0 bridgehead atoms. The number of aromatic nitrogens is 1. The SMILES string of the molecule is CCOC(=O)N1CCN(C(=O)c2cc3c(OCC)cccc3n2Cc2cccc(OC)c2)CC1. The molecule has 3 aromatic rings. The van der Waals surface area contributed by atoms with Crippen LogP contribution in [0.1, 0.15) is 29.9 Å². The second kappa shape index (κ2) is 10.5. The van der Waals surface area contributed by atoms with Gasteiger partial charge in [-0.1, -0.05) is 18.2 Å². The first-order valence-electron chi connectivity index (χ1n) is 11.6. The third-order valence-corrected chi connectivity index (χ3v) is 5.99. The van der Waals surface area contributed by atoms with Gasteiger partial charge in [-0.15, -0.1) is 0 Å². The normalized spacial score (nSPS) is 13.7. The molecule has 1 aliphatic heterocycles. The molecule has 2 amide bonds. The van der Waals surface area contributed by atoms with Crippen molar-refractivity contribution in [3.8, 4) is 11.5 Å². The van der Waals surface area contributed by atoms with Gasteiger partial charge in [0.05, 0.1) is 25.8 Å². The fourth-order valence-corrected chi connectivity index (χ4v) is 4.31. The van der Waals surface area contributed by atoms with Crippen molar-refractivity contribution in [1.29, 1.82) is 0 Å². The number of carbonyl (C=O) groups excluding carboxylic acids is 2. The summed E-state index contributed by atoms with van der Waals surface area (Å²) in [5.74, 6) is 1.46. The number of carbonyl (C=O) groups is 2. The van der Waals surface area contributed by atoms with Gasteiger partial charge in [-0.25, -0.2) is 4.79 Å². The lowest BCUT2D eigenvalue weighted by Gasteiger charge is -2.34. The van der Waals surface area contributed by atoms with Crippen LogP contribution < -0.4 is 9.47 Å². The average Bonchev–Trinajstić information content (AvgIpc) is 3.23. The summed E-state index contributed by atoms with van der Waals surface area (Å²) in [5, 5.41) is 0.903. The minimum Gasteiger partial charge on any atom is -0.497 e. The number of benzene rings is 2. The van der Waals surface area contributed by atoms with Gasteiger partial charge < -0.3 is 28.6 Å². The Labute approximate surface area is 199 Å². The molecular formula is C26H31N3O5. The third kappa shape index (κ3) is 4.81. The van der Waals surface area contributed by atoms with Crippen molar-refractivity contribution >= 4 is 22.9 Å². The van der Waals surface area contributed by atoms with Crippen molar-refractivity contribution in [2.75, 3.05) is 46.5 Å². The molecule has 0 saturated carbocycles. The molecule has 8 heteroatoms. The zero-order valence-electron chi connectivity index (χ0n) is 20.0. The monoisotopic (exact) mass is 465 g/mol. The maximum Gasteiger partial charge on any atom is 0.409 e. The molecule has 1 aromatic heterocycles. The summed E-state index contributed by atoms with van der Waals surface area (Å²) in [6.45, 7) is 6.93. The van der Waals surface area contributed by atoms with Gasteiger partial charge in [0, 0.05) is 38.1 Å². The Hall–Kier alpha value is -3.68. The molecule has 1 aliphatic rings. The molecule has 2 aromatic carbocycles. The first kappa shape index (κ1) is 23.5. The molecule has 8 nitrogen and oxygen atoms in total. The molecule has 0 unspecified atom stereocenters. The average molecular weight is 466 g/mol. The number of piperazine rings is 1. The molecule has 0 aliphatic carbocycles. The minimum absolute atomic E-state index is 0.0648. The van der Waals surface area contributed by atoms with Crippen molar-refractivity contribution in [3.05, 3.63) is 59.8 Å². The summed E-state index contributed by atoms with van der Waals surface area (Å²) in [6, 6.07) is 15.6. The minimum atomic E-state index is -0.330. The summed E-state index contributed by atoms with van der Waals surface area (Å²) >= 11 is 0. The fraction of sp³-hybridized carbons (Fsp3) is 0.385. The number of nitrogens with zero attached hydrogens (tertiary/aromatic N) is 3. The van der Waals surface area contributed by atoms with Crippen LogP contribution >= 0.6 is 0 Å². The molecule has 180 valence electrons. The van der Waals surface area contributed by atoms with Crippen molar-refractivity contribution < 1.29 is 23.8 Å². The van der Waals surface area contributed by atoms with Gasteiger partial charge in [-0.2, -0.15) is 0 Å². The summed E-state index contributed by atoms with van der Waals surface area (Å²) in [6.07, 6.45) is -0.330. The van der Waals surface area contributed by atoms with Gasteiger partial charge in [-0.3, -0.25) is 4.79 Å². The van der Waals surface area contributed by atoms with E-state index in [1.54, 1.807) is 23.8 Å². The number of ether oxygens (including phenoxy) is 3. The largest absolute Gasteiger partial charge is 0.497 e. The van der Waals surface area contributed by atoms with Crippen molar-refractivity contribution in [1.82, 2.24) is 14.4 Å². The predicted octanol–water partition coefficient (Wildman–Crippen LogP) is 4.01. The topological polar surface area (TPSA) is 73.2 Å². The van der Waals surface area contributed by atoms with Crippen LogP contribution in [0.4, 0.5) is 4.79 Å². The molecule has 0 N–H and O–H groups in total. The van der Waals surface area contributed by atoms with E-state index in [9.17, 15) is 9.59 Å². The summed E-state index contributed by atoms with van der Waals surface area (Å²) in [7, 11) is 1.64. The fourth-order valence-electron chi connectivity index (χ4n) is 4.31. The lowest BCUT2D eigenvalue weighted by Crippen LogP contribution is -2.51. The molecule has 4 rings (SSSR count). The Morgan fingerprint density at radius 3 is 2.35 bits per heavy atom. The standard InChI is InChI=1S/C26H31N3O5/c1-4-33-24-11-7-10-22-21(24)17-23(29(22)18-19-8-6-9-20(16-19)32-3)25(30)27-12-14-28(15-13-27)26(31)34-5-2/h6-11,16-17H,4-5,12-15,18H2,1-3H3. The zero-order valence-corrected chi connectivity index (χ0v) is 20.0. The molecule has 34 heavy (non-hydrogen) atoms. The van der Waals surface area contributed by atoms with E-state index in [4.69, 9.17) is 14.2 Å². The lowest BCUT2D eigenvalue weighted by molar-refractivity contribution is 0.0563. The Kier molecular flexibility index (Phi) is 7.25. The van der Waals surface area contributed by atoms with Crippen molar-refractivity contribution in [2.24, 2.45) is 0 Å². The Bertz CT molecular complexity index is 1160. The first-order valence-corrected chi connectivity index (χ1v) is 11.6. The highest BCUT2D eigenvalue weighted by Crippen LogP contribution is 2.31. The molecule has 0 atom stereocenters. The summed E-state index contributed by atoms with van der Waals surface area (Å²) in [4.78, 5) is 29.2. The maximum absolute atomic E-state index is 13.7. The van der Waals surface area contributed by atoms with Gasteiger partial charge in [0.25, 0.3) is 5.91 Å². The van der Waals surface area contributed by atoms with Crippen LogP contribution in [-0.2, 0) is 11.3 Å². The van der Waals surface area contributed by atoms with Crippen LogP contribution in [0.15, 0.2) is 48.5 Å². The van der Waals surface area contributed by atoms with Gasteiger partial charge in [0.15, 0.2) is 0 Å². The smallest absolute Gasteiger partial charge is 0.409 e. The summed E-state index contributed by atoms with van der Waals surface area (Å²) < 4.78 is 18.4. The Balaban J connectivity index is 1.67. The molecular weight excluding hydrogens is 434 g/mol. The molecule has 1 saturated heterocycles. The van der Waals surface area contributed by atoms with Crippen LogP contribution in [-0.4, -0.2) is 72.9 Å². The van der Waals surface area contributed by atoms with Crippen molar-refractivity contribution in [2.45, 2.75) is 20.4 Å². The van der Waals surface area contributed by atoms with Crippen LogP contribution in [0.25, 0.3) is 10.9 Å². The molecule has 2 heterocycles. The van der Waals surface area contributed by atoms with E-state index in [0.29, 0.717) is 51.6 Å². The number of fused-ring (bicyclic) bond motifs is 1. The van der Waals surface area contributed by atoms with E-state index in [-0.39, 0.29) is 12.0 Å². The van der Waals surface area contributed by atoms with E-state index in [1.807, 2.05) is 60.0 Å². The highest BCUT2D eigenvalue weighted by Gasteiger charge is 2.28. The second-order valence-corrected chi connectivity index (χ2v) is 8.07. The molecule has 1 fully saturated rings. The second-order valence-electron chi connectivity index (χ2n) is 8.07. The summed E-state index contributed by atoms with van der Waals surface area (Å²) in [5.41, 5.74) is 2.55. The number of amides is 2. The zero-order chi connectivity index (χ0) is 24.1. The Morgan fingerprint density at radius 1 is 0.912 bits per heavy atom. The van der Waals surface area contributed by atoms with Gasteiger partial charge in [0.2, 0.25) is 0 Å². The highest BCUT2D eigenvalue weighted by atomic mass is 16.6. The van der Waals surface area contributed by atoms with Crippen LogP contribution in [0.5, 0.6) is 11.5 Å². The predicted molar refractivity (Wildman–Crippen MR) is 130 cm³/mol. The van der Waals surface area contributed by atoms with Crippen LogP contribution in [0.3, 0.4) is 0 Å². The first-order chi connectivity index (χ1) is 16.5. The number of methoxy groups -OCH3 is 1. The van der Waals surface area contributed by atoms with Crippen LogP contribution in [0.2, 0.25) is 0 Å². The van der Waals surface area contributed by atoms with E-state index in [0.717, 1.165) is 28.0 Å². The number of rotatable bonds is 7. The quantitative estimate of drug-likeness (QED) is 0.527. The highest BCUT2D eigenvalue weighted by molar-refractivity contribution is 6.00. The van der Waals surface area contributed by atoms with E-state index in [2.05, 4.69) is 0 Å².